The van der Waals surface area contributed by atoms with E-state index in [1.165, 1.54) is 11.1 Å². The second-order valence-electron chi connectivity index (χ2n) is 3.72. The van der Waals surface area contributed by atoms with Crippen LogP contribution in [-0.4, -0.2) is 4.98 Å². The average molecular weight is 199 g/mol. The summed E-state index contributed by atoms with van der Waals surface area (Å²) in [6.07, 6.45) is 8.98. The van der Waals surface area contributed by atoms with Gasteiger partial charge in [-0.05, 0) is 30.2 Å². The number of aromatic nitrogens is 2. The molecule has 0 aliphatic heterocycles. The third kappa shape index (κ3) is 2.88. The summed E-state index contributed by atoms with van der Waals surface area (Å²) in [6, 6.07) is 8.39. The van der Waals surface area contributed by atoms with Crippen molar-refractivity contribution in [2.75, 3.05) is 0 Å². The molecule has 0 saturated carbocycles. The summed E-state index contributed by atoms with van der Waals surface area (Å²) in [5.74, 6) is 0. The number of nitrogens with zero attached hydrogens (tertiary/aromatic N) is 2. The lowest BCUT2D eigenvalue weighted by Gasteiger charge is -1.98. The first-order chi connectivity index (χ1) is 7.34. The molecule has 0 amide bonds. The van der Waals surface area contributed by atoms with Crippen LogP contribution >= 0.6 is 0 Å². The number of hydrogen-bond donors (Lipinski definition) is 0. The maximum Gasteiger partial charge on any atom is 0.169 e. The topological polar surface area (TPSA) is 16.8 Å². The highest BCUT2D eigenvalue weighted by molar-refractivity contribution is 5.09. The summed E-state index contributed by atoms with van der Waals surface area (Å²) in [6.45, 7) is 3.12. The Morgan fingerprint density at radius 3 is 2.40 bits per heavy atom. The van der Waals surface area contributed by atoms with E-state index in [0.29, 0.717) is 0 Å². The molecule has 76 valence electrons. The molecule has 0 unspecified atom stereocenters. The Balaban J connectivity index is 1.96. The fraction of sp³-hybridized carbons (Fsp3) is 0.231. The van der Waals surface area contributed by atoms with Crippen molar-refractivity contribution in [3.05, 3.63) is 60.2 Å². The zero-order valence-electron chi connectivity index (χ0n) is 8.93. The smallest absolute Gasteiger partial charge is 0.169 e. The van der Waals surface area contributed by atoms with E-state index in [0.717, 1.165) is 13.0 Å². The van der Waals surface area contributed by atoms with Crippen molar-refractivity contribution in [1.29, 1.82) is 0 Å². The van der Waals surface area contributed by atoms with Gasteiger partial charge in [0.2, 0.25) is 0 Å². The number of pyridine rings is 2. The molecule has 0 radical (unpaired) electrons. The minimum atomic E-state index is 1.02. The minimum Gasteiger partial charge on any atom is -0.265 e. The lowest BCUT2D eigenvalue weighted by molar-refractivity contribution is -0.696. The molecule has 0 spiro atoms. The predicted molar refractivity (Wildman–Crippen MR) is 59.3 cm³/mol. The van der Waals surface area contributed by atoms with Crippen LogP contribution in [-0.2, 0) is 13.0 Å². The molecule has 0 aliphatic carbocycles. The highest BCUT2D eigenvalue weighted by Gasteiger charge is 1.99. The van der Waals surface area contributed by atoms with Gasteiger partial charge in [0, 0.05) is 30.9 Å². The van der Waals surface area contributed by atoms with Gasteiger partial charge in [0.1, 0.15) is 0 Å². The fourth-order valence-corrected chi connectivity index (χ4v) is 1.49. The van der Waals surface area contributed by atoms with Crippen LogP contribution in [0.1, 0.15) is 11.1 Å². The van der Waals surface area contributed by atoms with Crippen molar-refractivity contribution < 1.29 is 4.57 Å². The predicted octanol–water partition coefficient (Wildman–Crippen LogP) is 1.92. The van der Waals surface area contributed by atoms with Crippen LogP contribution in [0.15, 0.2) is 49.1 Å². The summed E-state index contributed by atoms with van der Waals surface area (Å²) in [7, 11) is 0. The highest BCUT2D eigenvalue weighted by atomic mass is 14.9. The monoisotopic (exact) mass is 199 g/mol. The van der Waals surface area contributed by atoms with Crippen LogP contribution < -0.4 is 4.57 Å². The van der Waals surface area contributed by atoms with E-state index in [-0.39, 0.29) is 0 Å². The maximum absolute atomic E-state index is 4.01. The first-order valence-corrected chi connectivity index (χ1v) is 5.19. The molecule has 0 fully saturated rings. The van der Waals surface area contributed by atoms with Crippen LogP contribution in [0.3, 0.4) is 0 Å². The summed E-state index contributed by atoms with van der Waals surface area (Å²) in [5, 5.41) is 0. The van der Waals surface area contributed by atoms with E-state index in [1.54, 1.807) is 0 Å². The Morgan fingerprint density at radius 1 is 1.07 bits per heavy atom. The SMILES string of the molecule is Cc1cc[n+](CCc2ccncc2)cc1. The van der Waals surface area contributed by atoms with Crippen LogP contribution in [0.4, 0.5) is 0 Å². The second-order valence-corrected chi connectivity index (χ2v) is 3.72. The maximum atomic E-state index is 4.01. The number of hydrogen-bond acceptors (Lipinski definition) is 1. The molecule has 2 aromatic heterocycles. The molecule has 2 nitrogen and oxygen atoms in total. The van der Waals surface area contributed by atoms with Gasteiger partial charge in [-0.1, -0.05) is 0 Å². The first-order valence-electron chi connectivity index (χ1n) is 5.19. The number of rotatable bonds is 3. The zero-order chi connectivity index (χ0) is 10.5. The zero-order valence-corrected chi connectivity index (χ0v) is 8.93. The average Bonchev–Trinajstić information content (AvgIpc) is 2.30. The Bertz CT molecular complexity index is 406. The van der Waals surface area contributed by atoms with Crippen LogP contribution in [0.2, 0.25) is 0 Å². The van der Waals surface area contributed by atoms with Gasteiger partial charge in [-0.2, -0.15) is 0 Å². The molecule has 0 saturated heterocycles. The lowest BCUT2D eigenvalue weighted by atomic mass is 10.2. The Hall–Kier alpha value is -1.70. The van der Waals surface area contributed by atoms with Gasteiger partial charge < -0.3 is 0 Å². The van der Waals surface area contributed by atoms with Crippen LogP contribution in [0, 0.1) is 6.92 Å². The van der Waals surface area contributed by atoms with Gasteiger partial charge in [0.05, 0.1) is 0 Å². The molecular formula is C13H15N2+. The second kappa shape index (κ2) is 4.69. The van der Waals surface area contributed by atoms with Gasteiger partial charge in [-0.3, -0.25) is 4.98 Å². The van der Waals surface area contributed by atoms with Crippen molar-refractivity contribution in [2.24, 2.45) is 0 Å². The normalized spacial score (nSPS) is 10.2. The van der Waals surface area contributed by atoms with E-state index in [9.17, 15) is 0 Å². The van der Waals surface area contributed by atoms with Crippen molar-refractivity contribution >= 4 is 0 Å². The Labute approximate surface area is 90.2 Å². The van der Waals surface area contributed by atoms with E-state index in [2.05, 4.69) is 53.1 Å². The Morgan fingerprint density at radius 2 is 1.73 bits per heavy atom. The van der Waals surface area contributed by atoms with Gasteiger partial charge in [-0.25, -0.2) is 4.57 Å². The van der Waals surface area contributed by atoms with Gasteiger partial charge >= 0.3 is 0 Å². The van der Waals surface area contributed by atoms with Crippen LogP contribution in [0.5, 0.6) is 0 Å². The van der Waals surface area contributed by atoms with Gasteiger partial charge in [0.25, 0.3) is 0 Å². The summed E-state index contributed by atoms with van der Waals surface area (Å²) < 4.78 is 2.20. The van der Waals surface area contributed by atoms with E-state index in [1.807, 2.05) is 12.4 Å². The molecule has 2 heterocycles. The highest BCUT2D eigenvalue weighted by Crippen LogP contribution is 1.97. The summed E-state index contributed by atoms with van der Waals surface area (Å²) in [4.78, 5) is 4.01. The number of aryl methyl sites for hydroxylation is 3. The largest absolute Gasteiger partial charge is 0.265 e. The van der Waals surface area contributed by atoms with Crippen LogP contribution in [0.25, 0.3) is 0 Å². The summed E-state index contributed by atoms with van der Waals surface area (Å²) in [5.41, 5.74) is 2.63. The van der Waals surface area contributed by atoms with Crippen molar-refractivity contribution in [1.82, 2.24) is 4.98 Å². The van der Waals surface area contributed by atoms with E-state index in [4.69, 9.17) is 0 Å². The molecule has 2 aromatic rings. The standard InChI is InChI=1S/C13H15N2/c1-12-4-9-15(10-5-12)11-6-13-2-7-14-8-3-13/h2-5,7-10H,6,11H2,1H3/q+1. The van der Waals surface area contributed by atoms with Crippen molar-refractivity contribution in [2.45, 2.75) is 19.9 Å². The molecule has 0 bridgehead atoms. The van der Waals surface area contributed by atoms with Gasteiger partial charge in [0.15, 0.2) is 18.9 Å². The molecule has 2 rings (SSSR count). The molecule has 15 heavy (non-hydrogen) atoms. The first kappa shape index (κ1) is 9.84. The molecule has 0 aliphatic rings. The molecule has 0 atom stereocenters. The minimum absolute atomic E-state index is 1.02. The molecular weight excluding hydrogens is 184 g/mol. The molecule has 2 heteroatoms. The van der Waals surface area contributed by atoms with E-state index >= 15 is 0 Å². The fourth-order valence-electron chi connectivity index (χ4n) is 1.49. The summed E-state index contributed by atoms with van der Waals surface area (Å²) >= 11 is 0. The van der Waals surface area contributed by atoms with E-state index < -0.39 is 0 Å². The Kier molecular flexibility index (Phi) is 3.08. The van der Waals surface area contributed by atoms with Gasteiger partial charge in [-0.15, -0.1) is 0 Å². The molecule has 0 N–H and O–H groups in total. The van der Waals surface area contributed by atoms with Crippen molar-refractivity contribution in [3.8, 4) is 0 Å². The third-order valence-electron chi connectivity index (χ3n) is 2.47. The third-order valence-corrected chi connectivity index (χ3v) is 2.47. The molecule has 0 aromatic carbocycles. The van der Waals surface area contributed by atoms with Crippen molar-refractivity contribution in [3.63, 3.8) is 0 Å². The quantitative estimate of drug-likeness (QED) is 0.690. The lowest BCUT2D eigenvalue weighted by Crippen LogP contribution is -2.33.